The van der Waals surface area contributed by atoms with Gasteiger partial charge in [-0.1, -0.05) is 6.58 Å². The Kier molecular flexibility index (Phi) is 6.51. The molecule has 0 saturated heterocycles. The van der Waals surface area contributed by atoms with E-state index in [1.165, 1.54) is 0 Å². The summed E-state index contributed by atoms with van der Waals surface area (Å²) in [5, 5.41) is 0. The molecule has 1 aromatic rings. The first-order chi connectivity index (χ1) is 10.7. The maximum atomic E-state index is 12.5. The average Bonchev–Trinajstić information content (AvgIpc) is 2.50. The third-order valence-corrected chi connectivity index (χ3v) is 3.72. The molecule has 0 saturated carbocycles. The topological polar surface area (TPSA) is 55.8 Å². The number of hydrogen-bond acceptors (Lipinski definition) is 5. The molecular weight excluding hydrogens is 294 g/mol. The lowest BCUT2D eigenvalue weighted by Crippen LogP contribution is -2.45. The second-order valence-electron chi connectivity index (χ2n) is 6.07. The van der Waals surface area contributed by atoms with Crippen molar-refractivity contribution >= 4 is 11.8 Å². The number of rotatable bonds is 8. The van der Waals surface area contributed by atoms with E-state index in [4.69, 9.17) is 9.47 Å². The Labute approximate surface area is 137 Å². The van der Waals surface area contributed by atoms with Crippen LogP contribution in [0.15, 0.2) is 36.4 Å². The lowest BCUT2D eigenvalue weighted by atomic mass is 9.92. The van der Waals surface area contributed by atoms with E-state index in [0.29, 0.717) is 16.9 Å². The van der Waals surface area contributed by atoms with E-state index in [1.54, 1.807) is 31.2 Å². The highest BCUT2D eigenvalue weighted by molar-refractivity contribution is 6.02. The second kappa shape index (κ2) is 7.92. The number of carbonyl (C=O) groups is 2. The molecule has 0 bridgehead atoms. The molecule has 0 spiro atoms. The van der Waals surface area contributed by atoms with Gasteiger partial charge in [-0.15, -0.1) is 0 Å². The number of carbonyl (C=O) groups excluding carboxylic acids is 2. The fourth-order valence-corrected chi connectivity index (χ4v) is 1.68. The molecule has 0 amide bonds. The zero-order valence-corrected chi connectivity index (χ0v) is 14.5. The smallest absolute Gasteiger partial charge is 0.333 e. The van der Waals surface area contributed by atoms with Crippen molar-refractivity contribution in [3.63, 3.8) is 0 Å². The van der Waals surface area contributed by atoms with E-state index in [2.05, 4.69) is 6.58 Å². The molecule has 23 heavy (non-hydrogen) atoms. The highest BCUT2D eigenvalue weighted by Crippen LogP contribution is 2.20. The van der Waals surface area contributed by atoms with Gasteiger partial charge >= 0.3 is 5.97 Å². The molecule has 0 atom stereocenters. The molecule has 0 aromatic heterocycles. The van der Waals surface area contributed by atoms with Gasteiger partial charge in [0.25, 0.3) is 0 Å². The Balaban J connectivity index is 2.56. The summed E-state index contributed by atoms with van der Waals surface area (Å²) in [5.74, 6) is 0.237. The van der Waals surface area contributed by atoms with Crippen LogP contribution in [0.25, 0.3) is 0 Å². The van der Waals surface area contributed by atoms with Gasteiger partial charge in [-0.2, -0.15) is 0 Å². The molecule has 1 aromatic carbocycles. The fraction of sp³-hybridized carbons (Fsp3) is 0.444. The Hall–Kier alpha value is -2.14. The first kappa shape index (κ1) is 18.9. The highest BCUT2D eigenvalue weighted by atomic mass is 16.6. The first-order valence-corrected chi connectivity index (χ1v) is 7.44. The molecule has 1 rings (SSSR count). The number of nitrogens with zero attached hydrogens (tertiary/aromatic N) is 1. The van der Waals surface area contributed by atoms with Crippen molar-refractivity contribution in [1.29, 1.82) is 0 Å². The quantitative estimate of drug-likeness (QED) is 0.319. The van der Waals surface area contributed by atoms with Crippen LogP contribution in [-0.4, -0.2) is 49.5 Å². The van der Waals surface area contributed by atoms with Crippen molar-refractivity contribution in [2.45, 2.75) is 26.3 Å². The summed E-state index contributed by atoms with van der Waals surface area (Å²) in [5.41, 5.74) is 0.417. The van der Waals surface area contributed by atoms with Crippen LogP contribution in [0.2, 0.25) is 0 Å². The van der Waals surface area contributed by atoms with Crippen molar-refractivity contribution in [1.82, 2.24) is 4.90 Å². The average molecular weight is 319 g/mol. The first-order valence-electron chi connectivity index (χ1n) is 7.44. The minimum Gasteiger partial charge on any atom is -0.490 e. The molecule has 0 radical (unpaired) electrons. The zero-order valence-electron chi connectivity index (χ0n) is 14.5. The lowest BCUT2D eigenvalue weighted by Gasteiger charge is -2.30. The molecule has 0 N–H and O–H groups in total. The molecule has 126 valence electrons. The summed E-state index contributed by atoms with van der Waals surface area (Å²) in [4.78, 5) is 25.6. The summed E-state index contributed by atoms with van der Waals surface area (Å²) in [6, 6.07) is 6.95. The summed E-state index contributed by atoms with van der Waals surface area (Å²) in [6.45, 7) is 9.26. The van der Waals surface area contributed by atoms with Crippen molar-refractivity contribution < 1.29 is 19.1 Å². The lowest BCUT2D eigenvalue weighted by molar-refractivity contribution is -0.139. The van der Waals surface area contributed by atoms with Gasteiger partial charge in [0, 0.05) is 11.1 Å². The van der Waals surface area contributed by atoms with Gasteiger partial charge in [0.15, 0.2) is 5.78 Å². The van der Waals surface area contributed by atoms with E-state index in [9.17, 15) is 9.59 Å². The van der Waals surface area contributed by atoms with Gasteiger partial charge in [0.1, 0.15) is 19.0 Å². The number of benzene rings is 1. The number of Topliss-reactive ketones (excluding diaryl/α,β-unsaturated/α-hetero) is 1. The molecule has 0 unspecified atom stereocenters. The van der Waals surface area contributed by atoms with Crippen LogP contribution in [0, 0.1) is 0 Å². The Morgan fingerprint density at radius 3 is 2.17 bits per heavy atom. The minimum atomic E-state index is -0.570. The molecule has 0 heterocycles. The predicted octanol–water partition coefficient (Wildman–Crippen LogP) is 2.71. The molecule has 5 heteroatoms. The van der Waals surface area contributed by atoms with Crippen LogP contribution in [0.5, 0.6) is 5.75 Å². The number of hydrogen-bond donors (Lipinski definition) is 0. The maximum Gasteiger partial charge on any atom is 0.333 e. The van der Waals surface area contributed by atoms with Crippen LogP contribution < -0.4 is 4.74 Å². The molecule has 0 aliphatic heterocycles. The van der Waals surface area contributed by atoms with Crippen molar-refractivity contribution in [2.75, 3.05) is 27.3 Å². The van der Waals surface area contributed by atoms with Gasteiger partial charge < -0.3 is 9.47 Å². The second-order valence-corrected chi connectivity index (χ2v) is 6.07. The zero-order chi connectivity index (χ0) is 17.6. The van der Waals surface area contributed by atoms with Crippen LogP contribution in [0.4, 0.5) is 0 Å². The number of ketones is 1. The number of likely N-dealkylation sites (N-methyl/N-ethyl adjacent to an activating group) is 1. The minimum absolute atomic E-state index is 0.0458. The van der Waals surface area contributed by atoms with E-state index >= 15 is 0 Å². The van der Waals surface area contributed by atoms with Gasteiger partial charge in [-0.05, 0) is 59.1 Å². The van der Waals surface area contributed by atoms with Gasteiger partial charge in [-0.3, -0.25) is 9.69 Å². The summed E-state index contributed by atoms with van der Waals surface area (Å²) < 4.78 is 10.4. The fourth-order valence-electron chi connectivity index (χ4n) is 1.68. The third kappa shape index (κ3) is 5.21. The van der Waals surface area contributed by atoms with Crippen molar-refractivity contribution in [3.05, 3.63) is 42.0 Å². The van der Waals surface area contributed by atoms with Crippen LogP contribution in [0.3, 0.4) is 0 Å². The van der Waals surface area contributed by atoms with Crippen LogP contribution >= 0.6 is 0 Å². The predicted molar refractivity (Wildman–Crippen MR) is 89.8 cm³/mol. The molecule has 0 aliphatic rings. The normalized spacial score (nSPS) is 11.2. The number of ether oxygens (including phenoxy) is 2. The van der Waals surface area contributed by atoms with Gasteiger partial charge in [-0.25, -0.2) is 4.79 Å². The van der Waals surface area contributed by atoms with Gasteiger partial charge in [0.05, 0.1) is 5.54 Å². The Morgan fingerprint density at radius 2 is 1.70 bits per heavy atom. The van der Waals surface area contributed by atoms with E-state index in [0.717, 1.165) is 0 Å². The van der Waals surface area contributed by atoms with Crippen LogP contribution in [0.1, 0.15) is 31.1 Å². The van der Waals surface area contributed by atoms with Crippen molar-refractivity contribution in [3.8, 4) is 5.75 Å². The molecule has 0 fully saturated rings. The number of esters is 1. The van der Waals surface area contributed by atoms with E-state index in [-0.39, 0.29) is 19.0 Å². The molecule has 5 nitrogen and oxygen atoms in total. The van der Waals surface area contributed by atoms with Crippen LogP contribution in [-0.2, 0) is 9.53 Å². The summed E-state index contributed by atoms with van der Waals surface area (Å²) in [6.07, 6.45) is 0. The van der Waals surface area contributed by atoms with E-state index < -0.39 is 11.5 Å². The Morgan fingerprint density at radius 1 is 1.13 bits per heavy atom. The standard InChI is InChI=1S/C18H25NO4/c1-13(2)17(21)23-12-11-22-15-9-7-14(8-10-15)16(20)18(3,4)19(5)6/h7-10H,1,11-12H2,2-6H3. The maximum absolute atomic E-state index is 12.5. The highest BCUT2D eigenvalue weighted by Gasteiger charge is 2.30. The van der Waals surface area contributed by atoms with Gasteiger partial charge in [0.2, 0.25) is 0 Å². The summed E-state index contributed by atoms with van der Waals surface area (Å²) >= 11 is 0. The summed E-state index contributed by atoms with van der Waals surface area (Å²) in [7, 11) is 3.75. The Bertz CT molecular complexity index is 573. The SMILES string of the molecule is C=C(C)C(=O)OCCOc1ccc(C(=O)C(C)(C)N(C)C)cc1. The van der Waals surface area contributed by atoms with Crippen molar-refractivity contribution in [2.24, 2.45) is 0 Å². The van der Waals surface area contributed by atoms with E-state index in [1.807, 2.05) is 32.8 Å². The third-order valence-electron chi connectivity index (χ3n) is 3.72. The largest absolute Gasteiger partial charge is 0.490 e. The monoisotopic (exact) mass is 319 g/mol. The molecule has 0 aliphatic carbocycles. The molecular formula is C18H25NO4.